The highest BCUT2D eigenvalue weighted by Gasteiger charge is 2.18. The number of hydrogen-bond donors (Lipinski definition) is 0. The maximum Gasteiger partial charge on any atom is 0.339 e. The molecule has 0 aromatic heterocycles. The Morgan fingerprint density at radius 3 is 2.69 bits per heavy atom. The summed E-state index contributed by atoms with van der Waals surface area (Å²) in [6.07, 6.45) is 0.476. The van der Waals surface area contributed by atoms with Crippen LogP contribution in [0.2, 0.25) is 0 Å². The summed E-state index contributed by atoms with van der Waals surface area (Å²) < 4.78 is 18.4. The first kappa shape index (κ1) is 12.2. The number of nitriles is 1. The van der Waals surface area contributed by atoms with Crippen molar-refractivity contribution in [3.8, 4) is 6.07 Å². The van der Waals surface area contributed by atoms with E-state index in [2.05, 4.69) is 0 Å². The van der Waals surface area contributed by atoms with Gasteiger partial charge in [0, 0.05) is 0 Å². The van der Waals surface area contributed by atoms with Crippen molar-refractivity contribution in [3.05, 3.63) is 34.6 Å². The third-order valence-corrected chi connectivity index (χ3v) is 2.21. The van der Waals surface area contributed by atoms with Crippen LogP contribution in [-0.4, -0.2) is 12.6 Å². The lowest BCUT2D eigenvalue weighted by Gasteiger charge is -2.07. The summed E-state index contributed by atoms with van der Waals surface area (Å²) in [6, 6.07) is 4.63. The van der Waals surface area contributed by atoms with E-state index in [4.69, 9.17) is 10.00 Å². The minimum atomic E-state index is -0.666. The minimum absolute atomic E-state index is 0.0148. The van der Waals surface area contributed by atoms with Crippen molar-refractivity contribution < 1.29 is 13.9 Å². The molecule has 0 saturated heterocycles. The average molecular weight is 221 g/mol. The molecule has 0 amide bonds. The largest absolute Gasteiger partial charge is 0.462 e. The van der Waals surface area contributed by atoms with Gasteiger partial charge in [0.15, 0.2) is 0 Å². The van der Waals surface area contributed by atoms with Crippen LogP contribution in [0.4, 0.5) is 4.39 Å². The number of hydrogen-bond acceptors (Lipinski definition) is 3. The van der Waals surface area contributed by atoms with Crippen molar-refractivity contribution in [2.45, 2.75) is 20.3 Å². The first-order chi connectivity index (χ1) is 7.65. The summed E-state index contributed by atoms with van der Waals surface area (Å²) in [4.78, 5) is 11.4. The Balaban J connectivity index is 3.27. The monoisotopic (exact) mass is 221 g/mol. The first-order valence-electron chi connectivity index (χ1n) is 5.04. The third-order valence-electron chi connectivity index (χ3n) is 2.21. The Morgan fingerprint density at radius 2 is 2.19 bits per heavy atom. The lowest BCUT2D eigenvalue weighted by molar-refractivity contribution is 0.0525. The van der Waals surface area contributed by atoms with Crippen LogP contribution in [0.1, 0.15) is 35.3 Å². The van der Waals surface area contributed by atoms with Crippen molar-refractivity contribution in [2.24, 2.45) is 0 Å². The van der Waals surface area contributed by atoms with Crippen molar-refractivity contribution in [2.75, 3.05) is 6.61 Å². The molecule has 0 atom stereocenters. The van der Waals surface area contributed by atoms with Crippen molar-refractivity contribution in [1.82, 2.24) is 0 Å². The first-order valence-corrected chi connectivity index (χ1v) is 5.04. The molecule has 1 aromatic carbocycles. The SMILES string of the molecule is CCOC(=O)c1ccc(CC)c(F)c1C#N. The van der Waals surface area contributed by atoms with Gasteiger partial charge < -0.3 is 4.74 Å². The highest BCUT2D eigenvalue weighted by molar-refractivity contribution is 5.92. The van der Waals surface area contributed by atoms with E-state index in [9.17, 15) is 9.18 Å². The lowest BCUT2D eigenvalue weighted by atomic mass is 10.0. The Labute approximate surface area is 93.5 Å². The summed E-state index contributed by atoms with van der Waals surface area (Å²) in [5.41, 5.74) is 0.168. The Hall–Kier alpha value is -1.89. The number of ether oxygens (including phenoxy) is 1. The average Bonchev–Trinajstić information content (AvgIpc) is 2.28. The second-order valence-electron chi connectivity index (χ2n) is 3.15. The van der Waals surface area contributed by atoms with E-state index in [0.717, 1.165) is 0 Å². The molecule has 0 heterocycles. The van der Waals surface area contributed by atoms with Gasteiger partial charge in [0.1, 0.15) is 17.4 Å². The lowest BCUT2D eigenvalue weighted by Crippen LogP contribution is -2.09. The normalized spacial score (nSPS) is 9.62. The van der Waals surface area contributed by atoms with E-state index in [1.807, 2.05) is 0 Å². The van der Waals surface area contributed by atoms with Gasteiger partial charge in [-0.15, -0.1) is 0 Å². The van der Waals surface area contributed by atoms with Crippen LogP contribution in [0, 0.1) is 17.1 Å². The van der Waals surface area contributed by atoms with Crippen molar-refractivity contribution >= 4 is 5.97 Å². The minimum Gasteiger partial charge on any atom is -0.462 e. The van der Waals surface area contributed by atoms with Gasteiger partial charge in [-0.2, -0.15) is 5.26 Å². The molecule has 0 aliphatic rings. The number of carbonyl (C=O) groups is 1. The van der Waals surface area contributed by atoms with E-state index >= 15 is 0 Å². The Kier molecular flexibility index (Phi) is 4.01. The fourth-order valence-corrected chi connectivity index (χ4v) is 1.38. The van der Waals surface area contributed by atoms with Gasteiger partial charge >= 0.3 is 5.97 Å². The number of aryl methyl sites for hydroxylation is 1. The second-order valence-corrected chi connectivity index (χ2v) is 3.15. The summed E-state index contributed by atoms with van der Waals surface area (Å²) >= 11 is 0. The van der Waals surface area contributed by atoms with E-state index < -0.39 is 11.8 Å². The quantitative estimate of drug-likeness (QED) is 0.736. The summed E-state index contributed by atoms with van der Waals surface area (Å²) in [5, 5.41) is 8.84. The van der Waals surface area contributed by atoms with Crippen LogP contribution in [0.5, 0.6) is 0 Å². The summed E-state index contributed by atoms with van der Waals surface area (Å²) in [5.74, 6) is -1.30. The molecule has 0 fully saturated rings. The number of nitrogens with zero attached hydrogens (tertiary/aromatic N) is 1. The Bertz CT molecular complexity index is 449. The standard InChI is InChI=1S/C12H12FNO2/c1-3-8-5-6-9(12(15)16-4-2)10(7-14)11(8)13/h5-6H,3-4H2,1-2H3. The molecular weight excluding hydrogens is 209 g/mol. The highest BCUT2D eigenvalue weighted by atomic mass is 19.1. The molecule has 0 radical (unpaired) electrons. The molecule has 84 valence electrons. The van der Waals surface area contributed by atoms with Crippen LogP contribution >= 0.6 is 0 Å². The molecule has 16 heavy (non-hydrogen) atoms. The molecule has 0 spiro atoms. The molecule has 1 aromatic rings. The van der Waals surface area contributed by atoms with E-state index in [-0.39, 0.29) is 17.7 Å². The smallest absolute Gasteiger partial charge is 0.339 e. The van der Waals surface area contributed by atoms with Gasteiger partial charge in [-0.3, -0.25) is 0 Å². The molecule has 0 unspecified atom stereocenters. The van der Waals surface area contributed by atoms with Crippen molar-refractivity contribution in [3.63, 3.8) is 0 Å². The number of halogens is 1. The molecule has 4 heteroatoms. The Morgan fingerprint density at radius 1 is 1.50 bits per heavy atom. The van der Waals surface area contributed by atoms with Gasteiger partial charge in [-0.05, 0) is 25.0 Å². The molecule has 0 saturated carbocycles. The highest BCUT2D eigenvalue weighted by Crippen LogP contribution is 2.18. The number of carbonyl (C=O) groups excluding carboxylic acids is 1. The molecule has 0 N–H and O–H groups in total. The zero-order chi connectivity index (χ0) is 12.1. The molecule has 0 aliphatic carbocycles. The second kappa shape index (κ2) is 5.26. The van der Waals surface area contributed by atoms with Crippen LogP contribution in [0.15, 0.2) is 12.1 Å². The predicted octanol–water partition coefficient (Wildman–Crippen LogP) is 2.44. The number of esters is 1. The van der Waals surface area contributed by atoms with Gasteiger partial charge in [-0.25, -0.2) is 9.18 Å². The fraction of sp³-hybridized carbons (Fsp3) is 0.333. The van der Waals surface area contributed by atoms with Crippen LogP contribution in [0.25, 0.3) is 0 Å². The fourth-order valence-electron chi connectivity index (χ4n) is 1.38. The molecule has 1 rings (SSSR count). The number of benzene rings is 1. The predicted molar refractivity (Wildman–Crippen MR) is 56.4 cm³/mol. The van der Waals surface area contributed by atoms with Gasteiger partial charge in [-0.1, -0.05) is 13.0 Å². The summed E-state index contributed by atoms with van der Waals surface area (Å²) in [7, 11) is 0. The van der Waals surface area contributed by atoms with Gasteiger partial charge in [0.25, 0.3) is 0 Å². The van der Waals surface area contributed by atoms with Crippen LogP contribution in [-0.2, 0) is 11.2 Å². The maximum atomic E-state index is 13.7. The van der Waals surface area contributed by atoms with E-state index in [1.165, 1.54) is 12.1 Å². The summed E-state index contributed by atoms with van der Waals surface area (Å²) in [6.45, 7) is 3.63. The van der Waals surface area contributed by atoms with Crippen LogP contribution in [0.3, 0.4) is 0 Å². The topological polar surface area (TPSA) is 50.1 Å². The zero-order valence-corrected chi connectivity index (χ0v) is 9.21. The van der Waals surface area contributed by atoms with E-state index in [0.29, 0.717) is 12.0 Å². The molecule has 3 nitrogen and oxygen atoms in total. The maximum absolute atomic E-state index is 13.7. The van der Waals surface area contributed by atoms with Gasteiger partial charge in [0.2, 0.25) is 0 Å². The van der Waals surface area contributed by atoms with E-state index in [1.54, 1.807) is 19.9 Å². The van der Waals surface area contributed by atoms with Gasteiger partial charge in [0.05, 0.1) is 12.2 Å². The van der Waals surface area contributed by atoms with Crippen molar-refractivity contribution in [1.29, 1.82) is 5.26 Å². The molecule has 0 aliphatic heterocycles. The molecular formula is C12H12FNO2. The zero-order valence-electron chi connectivity index (χ0n) is 9.21. The van der Waals surface area contributed by atoms with Crippen LogP contribution < -0.4 is 0 Å². The molecule has 0 bridgehead atoms. The third kappa shape index (κ3) is 2.19. The number of rotatable bonds is 3.